The minimum absolute atomic E-state index is 0.0519. The van der Waals surface area contributed by atoms with Crippen LogP contribution in [-0.4, -0.2) is 41.9 Å². The zero-order chi connectivity index (χ0) is 26.4. The van der Waals surface area contributed by atoms with Crippen molar-refractivity contribution in [2.45, 2.75) is 12.3 Å². The predicted molar refractivity (Wildman–Crippen MR) is 141 cm³/mol. The lowest BCUT2D eigenvalue weighted by Crippen LogP contribution is -2.45. The Hall–Kier alpha value is -3.69. The molecule has 37 heavy (non-hydrogen) atoms. The fraction of sp³-hybridized carbons (Fsp3) is 0.185. The molecule has 0 bridgehead atoms. The molecule has 3 aromatic rings. The molecule has 8 nitrogen and oxygen atoms in total. The molecule has 0 saturated carbocycles. The highest BCUT2D eigenvalue weighted by molar-refractivity contribution is 9.10. The zero-order valence-electron chi connectivity index (χ0n) is 19.5. The van der Waals surface area contributed by atoms with Crippen LogP contribution in [0, 0.1) is 5.92 Å². The van der Waals surface area contributed by atoms with E-state index in [9.17, 15) is 19.2 Å². The first-order valence-corrected chi connectivity index (χ1v) is 12.6. The number of hydrogen-bond donors (Lipinski definition) is 2. The van der Waals surface area contributed by atoms with Gasteiger partial charge < -0.3 is 10.1 Å². The summed E-state index contributed by atoms with van der Waals surface area (Å²) in [4.78, 5) is 50.5. The lowest BCUT2D eigenvalue weighted by Gasteiger charge is -2.23. The van der Waals surface area contributed by atoms with Crippen LogP contribution in [0.25, 0.3) is 0 Å². The van der Waals surface area contributed by atoms with E-state index >= 15 is 0 Å². The number of benzene rings is 3. The van der Waals surface area contributed by atoms with Gasteiger partial charge in [0.25, 0.3) is 11.8 Å². The highest BCUT2D eigenvalue weighted by Crippen LogP contribution is 2.27. The molecule has 1 saturated heterocycles. The maximum Gasteiger partial charge on any atom is 0.311 e. The second-order valence-corrected chi connectivity index (χ2v) is 9.68. The number of carbonyl (C=O) groups excluding carboxylic acids is 4. The molecule has 190 valence electrons. The van der Waals surface area contributed by atoms with E-state index in [4.69, 9.17) is 16.3 Å². The molecule has 0 spiro atoms. The summed E-state index contributed by atoms with van der Waals surface area (Å²) in [7, 11) is 0. The lowest BCUT2D eigenvalue weighted by atomic mass is 9.91. The van der Waals surface area contributed by atoms with Crippen LogP contribution in [0.15, 0.2) is 83.3 Å². The molecule has 1 heterocycles. The third-order valence-electron chi connectivity index (χ3n) is 5.78. The molecule has 0 aromatic heterocycles. The molecular formula is C27H23BrClN3O5. The number of rotatable bonds is 8. The molecule has 1 aliphatic rings. The van der Waals surface area contributed by atoms with Crippen LogP contribution in [0.5, 0.6) is 0 Å². The van der Waals surface area contributed by atoms with Gasteiger partial charge in [-0.25, -0.2) is 0 Å². The van der Waals surface area contributed by atoms with Crippen LogP contribution in [0.3, 0.4) is 0 Å². The van der Waals surface area contributed by atoms with Gasteiger partial charge in [0.05, 0.1) is 23.4 Å². The van der Waals surface area contributed by atoms with Gasteiger partial charge in [-0.15, -0.1) is 0 Å². The Kier molecular flexibility index (Phi) is 8.58. The number of nitrogens with zero attached hydrogens (tertiary/aromatic N) is 1. The number of nitrogens with one attached hydrogen (secondary N) is 2. The van der Waals surface area contributed by atoms with Crippen molar-refractivity contribution in [3.8, 4) is 0 Å². The summed E-state index contributed by atoms with van der Waals surface area (Å²) in [6, 6.07) is 23.3. The van der Waals surface area contributed by atoms with Crippen LogP contribution in [0.2, 0.25) is 5.02 Å². The van der Waals surface area contributed by atoms with Crippen LogP contribution in [0.1, 0.15) is 23.5 Å². The first-order chi connectivity index (χ1) is 17.8. The second-order valence-electron chi connectivity index (χ2n) is 8.42. The molecule has 10 heteroatoms. The predicted octanol–water partition coefficient (Wildman–Crippen LogP) is 4.30. The lowest BCUT2D eigenvalue weighted by molar-refractivity contribution is -0.151. The molecule has 3 aromatic carbocycles. The van der Waals surface area contributed by atoms with E-state index in [0.717, 1.165) is 16.1 Å². The number of anilines is 1. The average molecular weight is 585 g/mol. The topological polar surface area (TPSA) is 105 Å². The Labute approximate surface area is 227 Å². The summed E-state index contributed by atoms with van der Waals surface area (Å²) in [5.74, 6) is -3.50. The third-order valence-corrected chi connectivity index (χ3v) is 7.01. The number of carbonyl (C=O) groups is 4. The van der Waals surface area contributed by atoms with Crippen molar-refractivity contribution in [2.75, 3.05) is 18.5 Å². The maximum absolute atomic E-state index is 13.3. The normalized spacial score (nSPS) is 14.9. The molecule has 3 amide bonds. The van der Waals surface area contributed by atoms with Crippen molar-refractivity contribution in [3.63, 3.8) is 0 Å². The van der Waals surface area contributed by atoms with Gasteiger partial charge in [-0.2, -0.15) is 0 Å². The quantitative estimate of drug-likeness (QED) is 0.384. The average Bonchev–Trinajstić information content (AvgIpc) is 3.26. The number of esters is 1. The monoisotopic (exact) mass is 583 g/mol. The first-order valence-electron chi connectivity index (χ1n) is 11.4. The van der Waals surface area contributed by atoms with E-state index in [1.54, 1.807) is 18.2 Å². The molecule has 2 N–H and O–H groups in total. The standard InChI is InChI=1S/C27H23BrClN3O5/c28-21-12-11-20(14-22(21)29)30-23(33)16-37-27(36)19-13-24(34)32(15-19)31-26(35)25(17-7-3-1-4-8-17)18-9-5-2-6-10-18/h1-12,14,19,25H,13,15-16H2,(H,30,33)(H,31,35)/t19-/m0/s1. The maximum atomic E-state index is 13.3. The number of ether oxygens (including phenoxy) is 1. The Morgan fingerprint density at radius 3 is 2.22 bits per heavy atom. The van der Waals surface area contributed by atoms with Crippen molar-refractivity contribution in [2.24, 2.45) is 5.92 Å². The largest absolute Gasteiger partial charge is 0.455 e. The molecule has 4 rings (SSSR count). The van der Waals surface area contributed by atoms with E-state index in [1.165, 1.54) is 0 Å². The number of amides is 3. The van der Waals surface area contributed by atoms with Crippen molar-refractivity contribution in [1.29, 1.82) is 0 Å². The number of hydrogen-bond acceptors (Lipinski definition) is 5. The van der Waals surface area contributed by atoms with Gasteiger partial charge in [-0.05, 0) is 45.3 Å². The van der Waals surface area contributed by atoms with Crippen LogP contribution in [-0.2, 0) is 23.9 Å². The second kappa shape index (κ2) is 12.0. The Bertz CT molecular complexity index is 1270. The van der Waals surface area contributed by atoms with E-state index in [1.807, 2.05) is 60.7 Å². The van der Waals surface area contributed by atoms with Gasteiger partial charge in [0.15, 0.2) is 6.61 Å². The van der Waals surface area contributed by atoms with Crippen LogP contribution in [0.4, 0.5) is 5.69 Å². The van der Waals surface area contributed by atoms with Gasteiger partial charge in [0, 0.05) is 16.6 Å². The number of hydrazine groups is 1. The van der Waals surface area contributed by atoms with E-state index < -0.39 is 42.1 Å². The summed E-state index contributed by atoms with van der Waals surface area (Å²) in [5, 5.41) is 4.14. The van der Waals surface area contributed by atoms with Crippen molar-refractivity contribution >= 4 is 56.9 Å². The first kappa shape index (κ1) is 26.4. The summed E-state index contributed by atoms with van der Waals surface area (Å²) in [6.07, 6.45) is -0.135. The smallest absolute Gasteiger partial charge is 0.311 e. The van der Waals surface area contributed by atoms with Crippen LogP contribution >= 0.6 is 27.5 Å². The molecule has 0 aliphatic carbocycles. The highest BCUT2D eigenvalue weighted by Gasteiger charge is 2.37. The molecule has 1 atom stereocenters. The molecule has 1 aliphatic heterocycles. The molecule has 1 fully saturated rings. The fourth-order valence-electron chi connectivity index (χ4n) is 3.98. The van der Waals surface area contributed by atoms with Crippen molar-refractivity contribution in [1.82, 2.24) is 10.4 Å². The third kappa shape index (κ3) is 6.75. The summed E-state index contributed by atoms with van der Waals surface area (Å²) >= 11 is 9.28. The highest BCUT2D eigenvalue weighted by atomic mass is 79.9. The minimum atomic E-state index is -0.811. The van der Waals surface area contributed by atoms with Gasteiger partial charge in [-0.3, -0.25) is 29.6 Å². The summed E-state index contributed by atoms with van der Waals surface area (Å²) in [5.41, 5.74) is 4.65. The SMILES string of the molecule is O=C(COC(=O)[C@H]1CC(=O)N(NC(=O)C(c2ccccc2)c2ccccc2)C1)Nc1ccc(Br)c(Cl)c1. The van der Waals surface area contributed by atoms with E-state index in [0.29, 0.717) is 15.2 Å². The summed E-state index contributed by atoms with van der Waals surface area (Å²) in [6.45, 7) is -0.572. The van der Waals surface area contributed by atoms with Crippen LogP contribution < -0.4 is 10.7 Å². The molecular weight excluding hydrogens is 562 g/mol. The summed E-state index contributed by atoms with van der Waals surface area (Å²) < 4.78 is 5.80. The Morgan fingerprint density at radius 1 is 1.00 bits per heavy atom. The van der Waals surface area contributed by atoms with Crippen molar-refractivity contribution in [3.05, 3.63) is 99.5 Å². The Morgan fingerprint density at radius 2 is 1.62 bits per heavy atom. The van der Waals surface area contributed by atoms with Gasteiger partial charge in [0.2, 0.25) is 5.91 Å². The number of halogens is 2. The zero-order valence-corrected chi connectivity index (χ0v) is 21.9. The van der Waals surface area contributed by atoms with E-state index in [2.05, 4.69) is 26.7 Å². The minimum Gasteiger partial charge on any atom is -0.455 e. The Balaban J connectivity index is 1.34. The van der Waals surface area contributed by atoms with Crippen molar-refractivity contribution < 1.29 is 23.9 Å². The fourth-order valence-corrected chi connectivity index (χ4v) is 4.41. The van der Waals surface area contributed by atoms with E-state index in [-0.39, 0.29) is 13.0 Å². The van der Waals surface area contributed by atoms with Gasteiger partial charge in [0.1, 0.15) is 0 Å². The van der Waals surface area contributed by atoms with Gasteiger partial charge in [-0.1, -0.05) is 72.3 Å². The molecule has 0 unspecified atom stereocenters. The molecule has 0 radical (unpaired) electrons. The van der Waals surface area contributed by atoms with Gasteiger partial charge >= 0.3 is 5.97 Å².